The molecule has 23 heavy (non-hydrogen) atoms. The minimum absolute atomic E-state index is 0.00564. The first-order valence-corrected chi connectivity index (χ1v) is 9.56. The zero-order chi connectivity index (χ0) is 15.7. The Kier molecular flexibility index (Phi) is 3.17. The smallest absolute Gasteiger partial charge is 0.229 e. The SMILES string of the molecule is COC1CCOC2(C1)CN(C(=O)C13CC4CC(CC(C4)C1)C3)C2. The second-order valence-corrected chi connectivity index (χ2v) is 9.24. The fraction of sp³-hybridized carbons (Fsp3) is 0.947. The zero-order valence-electron chi connectivity index (χ0n) is 14.3. The Bertz CT molecular complexity index is 475. The molecule has 1 unspecified atom stereocenters. The van der Waals surface area contributed by atoms with E-state index in [1.165, 1.54) is 38.5 Å². The summed E-state index contributed by atoms with van der Waals surface area (Å²) in [5.41, 5.74) is -0.0947. The van der Waals surface area contributed by atoms with Crippen molar-refractivity contribution in [3.63, 3.8) is 0 Å². The van der Waals surface area contributed by atoms with Gasteiger partial charge in [0.1, 0.15) is 5.60 Å². The molecule has 4 saturated carbocycles. The van der Waals surface area contributed by atoms with E-state index < -0.39 is 0 Å². The van der Waals surface area contributed by atoms with Crippen LogP contribution in [-0.4, -0.2) is 49.3 Å². The molecule has 2 heterocycles. The molecule has 0 aromatic rings. The second kappa shape index (κ2) is 4.95. The largest absolute Gasteiger partial charge is 0.381 e. The van der Waals surface area contributed by atoms with Gasteiger partial charge in [0, 0.05) is 20.1 Å². The maximum atomic E-state index is 13.3. The number of amides is 1. The summed E-state index contributed by atoms with van der Waals surface area (Å²) in [5.74, 6) is 2.98. The van der Waals surface area contributed by atoms with Crippen molar-refractivity contribution in [1.82, 2.24) is 4.90 Å². The lowest BCUT2D eigenvalue weighted by atomic mass is 9.49. The van der Waals surface area contributed by atoms with Gasteiger partial charge >= 0.3 is 0 Å². The third kappa shape index (κ3) is 2.21. The highest BCUT2D eigenvalue weighted by Crippen LogP contribution is 2.61. The van der Waals surface area contributed by atoms with Crippen molar-refractivity contribution in [2.24, 2.45) is 23.2 Å². The topological polar surface area (TPSA) is 38.8 Å². The van der Waals surface area contributed by atoms with Crippen LogP contribution in [0.1, 0.15) is 51.4 Å². The zero-order valence-corrected chi connectivity index (χ0v) is 14.3. The van der Waals surface area contributed by atoms with Crippen molar-refractivity contribution >= 4 is 5.91 Å². The van der Waals surface area contributed by atoms with Gasteiger partial charge in [0.15, 0.2) is 0 Å². The maximum absolute atomic E-state index is 13.3. The molecule has 4 heteroatoms. The summed E-state index contributed by atoms with van der Waals surface area (Å²) in [6.45, 7) is 2.37. The predicted molar refractivity (Wildman–Crippen MR) is 85.9 cm³/mol. The van der Waals surface area contributed by atoms with E-state index in [2.05, 4.69) is 4.90 Å². The van der Waals surface area contributed by atoms with Gasteiger partial charge in [-0.1, -0.05) is 0 Å². The number of methoxy groups -OCH3 is 1. The molecule has 0 aromatic carbocycles. The lowest BCUT2D eigenvalue weighted by molar-refractivity contribution is -0.209. The highest BCUT2D eigenvalue weighted by Gasteiger charge is 2.59. The lowest BCUT2D eigenvalue weighted by Gasteiger charge is -2.60. The van der Waals surface area contributed by atoms with Gasteiger partial charge in [0.05, 0.1) is 24.6 Å². The molecule has 6 fully saturated rings. The van der Waals surface area contributed by atoms with E-state index in [4.69, 9.17) is 9.47 Å². The molecule has 1 atom stereocenters. The Labute approximate surface area is 138 Å². The molecule has 4 nitrogen and oxygen atoms in total. The number of carbonyl (C=O) groups is 1. The minimum atomic E-state index is -0.100. The van der Waals surface area contributed by atoms with E-state index in [-0.39, 0.29) is 11.0 Å². The standard InChI is InChI=1S/C19H29NO3/c1-22-16-2-3-23-19(10-16)11-20(12-19)17(21)18-7-13-4-14(8-18)6-15(5-13)9-18/h13-16H,2-12H2,1H3. The van der Waals surface area contributed by atoms with Crippen LogP contribution >= 0.6 is 0 Å². The van der Waals surface area contributed by atoms with Crippen LogP contribution in [0, 0.1) is 23.2 Å². The molecule has 1 amide bonds. The van der Waals surface area contributed by atoms with Crippen LogP contribution in [0.4, 0.5) is 0 Å². The Morgan fingerprint density at radius 3 is 2.22 bits per heavy atom. The van der Waals surface area contributed by atoms with Gasteiger partial charge in [-0.2, -0.15) is 0 Å². The summed E-state index contributed by atoms with van der Waals surface area (Å²) in [5, 5.41) is 0. The fourth-order valence-corrected chi connectivity index (χ4v) is 6.91. The minimum Gasteiger partial charge on any atom is -0.381 e. The van der Waals surface area contributed by atoms with Crippen molar-refractivity contribution in [2.45, 2.75) is 63.1 Å². The van der Waals surface area contributed by atoms with Gasteiger partial charge in [-0.25, -0.2) is 0 Å². The first-order valence-electron chi connectivity index (χ1n) is 9.56. The Balaban J connectivity index is 1.28. The van der Waals surface area contributed by atoms with Crippen molar-refractivity contribution < 1.29 is 14.3 Å². The fourth-order valence-electron chi connectivity index (χ4n) is 6.91. The summed E-state index contributed by atoms with van der Waals surface area (Å²) in [6, 6.07) is 0. The third-order valence-corrected chi connectivity index (χ3v) is 7.52. The van der Waals surface area contributed by atoms with Gasteiger partial charge < -0.3 is 14.4 Å². The highest BCUT2D eigenvalue weighted by atomic mass is 16.5. The molecule has 2 saturated heterocycles. The molecule has 0 N–H and O–H groups in total. The van der Waals surface area contributed by atoms with Gasteiger partial charge in [-0.3, -0.25) is 4.79 Å². The van der Waals surface area contributed by atoms with Crippen molar-refractivity contribution in [1.29, 1.82) is 0 Å². The molecule has 128 valence electrons. The number of rotatable bonds is 2. The summed E-state index contributed by atoms with van der Waals surface area (Å²) >= 11 is 0. The third-order valence-electron chi connectivity index (χ3n) is 7.52. The number of hydrogen-bond donors (Lipinski definition) is 0. The Hall–Kier alpha value is -0.610. The van der Waals surface area contributed by atoms with Crippen molar-refractivity contribution in [3.05, 3.63) is 0 Å². The van der Waals surface area contributed by atoms with Gasteiger partial charge in [-0.15, -0.1) is 0 Å². The Morgan fingerprint density at radius 2 is 1.65 bits per heavy atom. The molecule has 2 aliphatic heterocycles. The van der Waals surface area contributed by atoms with E-state index in [1.54, 1.807) is 7.11 Å². The number of carbonyl (C=O) groups excluding carboxylic acids is 1. The average Bonchev–Trinajstić information content (AvgIpc) is 2.50. The monoisotopic (exact) mass is 319 g/mol. The molecular weight excluding hydrogens is 290 g/mol. The van der Waals surface area contributed by atoms with Gasteiger partial charge in [-0.05, 0) is 62.7 Å². The molecule has 1 spiro atoms. The summed E-state index contributed by atoms with van der Waals surface area (Å²) in [6.07, 6.45) is 9.95. The lowest BCUT2D eigenvalue weighted by Crippen LogP contribution is -2.70. The molecule has 4 bridgehead atoms. The van der Waals surface area contributed by atoms with Crippen LogP contribution in [0.2, 0.25) is 0 Å². The van der Waals surface area contributed by atoms with Crippen LogP contribution in [-0.2, 0) is 14.3 Å². The highest BCUT2D eigenvalue weighted by molar-refractivity contribution is 5.84. The van der Waals surface area contributed by atoms with Crippen LogP contribution in [0.5, 0.6) is 0 Å². The number of nitrogens with zero attached hydrogens (tertiary/aromatic N) is 1. The van der Waals surface area contributed by atoms with E-state index in [0.717, 1.165) is 50.3 Å². The van der Waals surface area contributed by atoms with E-state index >= 15 is 0 Å². The van der Waals surface area contributed by atoms with Gasteiger partial charge in [0.2, 0.25) is 5.91 Å². The average molecular weight is 319 g/mol. The molecular formula is C19H29NO3. The quantitative estimate of drug-likeness (QED) is 0.785. The summed E-state index contributed by atoms with van der Waals surface area (Å²) in [4.78, 5) is 15.4. The maximum Gasteiger partial charge on any atom is 0.229 e. The van der Waals surface area contributed by atoms with Crippen molar-refractivity contribution in [2.75, 3.05) is 26.8 Å². The normalized spacial score (nSPS) is 46.9. The number of hydrogen-bond acceptors (Lipinski definition) is 3. The number of ether oxygens (including phenoxy) is 2. The number of likely N-dealkylation sites (tertiary alicyclic amines) is 1. The summed E-state index contributed by atoms with van der Waals surface area (Å²) in [7, 11) is 1.79. The van der Waals surface area contributed by atoms with Crippen LogP contribution < -0.4 is 0 Å². The molecule has 0 radical (unpaired) electrons. The first kappa shape index (κ1) is 14.7. The first-order chi connectivity index (χ1) is 11.1. The molecule has 0 aromatic heterocycles. The molecule has 6 rings (SSSR count). The van der Waals surface area contributed by atoms with Gasteiger partial charge in [0.25, 0.3) is 0 Å². The predicted octanol–water partition coefficient (Wildman–Crippen LogP) is 2.61. The second-order valence-electron chi connectivity index (χ2n) is 9.24. The van der Waals surface area contributed by atoms with Crippen LogP contribution in [0.25, 0.3) is 0 Å². The van der Waals surface area contributed by atoms with Crippen LogP contribution in [0.15, 0.2) is 0 Å². The van der Waals surface area contributed by atoms with Crippen molar-refractivity contribution in [3.8, 4) is 0 Å². The molecule has 4 aliphatic carbocycles. The van der Waals surface area contributed by atoms with E-state index in [0.29, 0.717) is 12.0 Å². The van der Waals surface area contributed by atoms with E-state index in [1.807, 2.05) is 0 Å². The van der Waals surface area contributed by atoms with E-state index in [9.17, 15) is 4.79 Å². The summed E-state index contributed by atoms with van der Waals surface area (Å²) < 4.78 is 11.6. The Morgan fingerprint density at radius 1 is 1.04 bits per heavy atom. The van der Waals surface area contributed by atoms with Crippen LogP contribution in [0.3, 0.4) is 0 Å². The molecule has 6 aliphatic rings.